The molecule has 0 aliphatic heterocycles. The number of benzene rings is 6. The summed E-state index contributed by atoms with van der Waals surface area (Å²) in [6, 6.07) is 55.2. The Balaban J connectivity index is 1.18. The summed E-state index contributed by atoms with van der Waals surface area (Å²) >= 11 is 3.55. The zero-order valence-electron chi connectivity index (χ0n) is 27.6. The van der Waals surface area contributed by atoms with Crippen molar-refractivity contribution in [3.63, 3.8) is 0 Å². The third-order valence-corrected chi connectivity index (χ3v) is 10.8. The second-order valence-electron chi connectivity index (χ2n) is 13.6. The molecule has 6 aromatic rings. The lowest BCUT2D eigenvalue weighted by molar-refractivity contribution is 0.627. The van der Waals surface area contributed by atoms with Crippen molar-refractivity contribution in [2.24, 2.45) is 5.92 Å². The van der Waals surface area contributed by atoms with Crippen molar-refractivity contribution in [2.75, 3.05) is 4.90 Å². The van der Waals surface area contributed by atoms with E-state index in [4.69, 9.17) is 0 Å². The Labute approximate surface area is 293 Å². The highest BCUT2D eigenvalue weighted by molar-refractivity contribution is 9.10. The van der Waals surface area contributed by atoms with Gasteiger partial charge in [0.05, 0.1) is 0 Å². The van der Waals surface area contributed by atoms with Crippen molar-refractivity contribution < 1.29 is 0 Å². The van der Waals surface area contributed by atoms with Crippen LogP contribution in [0, 0.1) is 5.92 Å². The van der Waals surface area contributed by atoms with E-state index in [1.807, 2.05) is 0 Å². The van der Waals surface area contributed by atoms with Gasteiger partial charge in [-0.3, -0.25) is 0 Å². The predicted molar refractivity (Wildman–Crippen MR) is 207 cm³/mol. The molecular weight excluding hydrogens is 646 g/mol. The molecule has 8 rings (SSSR count). The molecular formula is C46H38BrN. The number of anilines is 2. The smallest absolute Gasteiger partial charge is 0.0458 e. The standard InChI is InChI=1S/C46H38BrN/c1-31-29-42-41-11-7-8-12-43(41)46(2,3)44(42)30-45(31)48(39-25-19-36(20-26-39)32-9-5-4-6-10-32)40-27-21-37(22-28-40)34-15-13-33(14-16-34)35-17-23-38(47)24-18-35/h4-28,30-31H,29H2,1-3H3. The Morgan fingerprint density at radius 2 is 0.979 bits per heavy atom. The monoisotopic (exact) mass is 683 g/mol. The molecule has 0 N–H and O–H groups in total. The second kappa shape index (κ2) is 12.3. The Kier molecular flexibility index (Phi) is 7.77. The van der Waals surface area contributed by atoms with Gasteiger partial charge in [-0.1, -0.05) is 152 Å². The fraction of sp³-hybridized carbons (Fsp3) is 0.130. The molecule has 0 spiro atoms. The Morgan fingerprint density at radius 1 is 0.542 bits per heavy atom. The Morgan fingerprint density at radius 3 is 1.52 bits per heavy atom. The van der Waals surface area contributed by atoms with E-state index in [1.165, 1.54) is 72.7 Å². The molecule has 0 heterocycles. The molecule has 0 saturated carbocycles. The summed E-state index contributed by atoms with van der Waals surface area (Å²) in [7, 11) is 0. The van der Waals surface area contributed by atoms with Gasteiger partial charge in [0.25, 0.3) is 0 Å². The predicted octanol–water partition coefficient (Wildman–Crippen LogP) is 13.3. The largest absolute Gasteiger partial charge is 0.314 e. The molecule has 1 atom stereocenters. The zero-order chi connectivity index (χ0) is 32.8. The van der Waals surface area contributed by atoms with Crippen LogP contribution in [0.25, 0.3) is 39.0 Å². The molecule has 0 bridgehead atoms. The molecule has 2 aliphatic rings. The first-order valence-corrected chi connectivity index (χ1v) is 17.6. The number of fused-ring (bicyclic) bond motifs is 2. The molecule has 1 nitrogen and oxygen atoms in total. The quantitative estimate of drug-likeness (QED) is 0.169. The van der Waals surface area contributed by atoms with E-state index < -0.39 is 0 Å². The maximum Gasteiger partial charge on any atom is 0.0458 e. The average molecular weight is 685 g/mol. The maximum atomic E-state index is 3.55. The van der Waals surface area contributed by atoms with Gasteiger partial charge in [0, 0.05) is 32.9 Å². The molecule has 1 unspecified atom stereocenters. The summed E-state index contributed by atoms with van der Waals surface area (Å²) in [4.78, 5) is 2.49. The molecule has 48 heavy (non-hydrogen) atoms. The summed E-state index contributed by atoms with van der Waals surface area (Å²) < 4.78 is 1.09. The van der Waals surface area contributed by atoms with Gasteiger partial charge in [0.15, 0.2) is 0 Å². The minimum Gasteiger partial charge on any atom is -0.314 e. The zero-order valence-corrected chi connectivity index (χ0v) is 29.2. The van der Waals surface area contributed by atoms with E-state index in [-0.39, 0.29) is 5.41 Å². The number of hydrogen-bond acceptors (Lipinski definition) is 1. The fourth-order valence-electron chi connectivity index (χ4n) is 7.61. The minimum atomic E-state index is -0.0353. The highest BCUT2D eigenvalue weighted by atomic mass is 79.9. The molecule has 234 valence electrons. The third kappa shape index (κ3) is 5.45. The molecule has 0 aromatic heterocycles. The van der Waals surface area contributed by atoms with Crippen LogP contribution in [-0.4, -0.2) is 0 Å². The van der Waals surface area contributed by atoms with Crippen molar-refractivity contribution in [3.8, 4) is 33.4 Å². The van der Waals surface area contributed by atoms with E-state index in [0.717, 1.165) is 10.9 Å². The maximum absolute atomic E-state index is 3.55. The lowest BCUT2D eigenvalue weighted by Crippen LogP contribution is -2.26. The SMILES string of the molecule is CC1CC2=C(C=C1N(c1ccc(-c3ccccc3)cc1)c1ccc(-c3ccc(-c4ccc(Br)cc4)cc3)cc1)C(C)(C)c1ccccc12. The molecule has 0 saturated heterocycles. The normalized spacial score (nSPS) is 16.2. The van der Waals surface area contributed by atoms with Crippen LogP contribution in [0.2, 0.25) is 0 Å². The van der Waals surface area contributed by atoms with E-state index in [2.05, 4.69) is 199 Å². The van der Waals surface area contributed by atoms with Crippen molar-refractivity contribution in [1.29, 1.82) is 0 Å². The van der Waals surface area contributed by atoms with Crippen LogP contribution in [-0.2, 0) is 5.41 Å². The summed E-state index contributed by atoms with van der Waals surface area (Å²) in [5.74, 6) is 0.352. The highest BCUT2D eigenvalue weighted by Gasteiger charge is 2.40. The van der Waals surface area contributed by atoms with Crippen molar-refractivity contribution in [3.05, 3.63) is 185 Å². The summed E-state index contributed by atoms with van der Waals surface area (Å²) in [5, 5.41) is 0. The van der Waals surface area contributed by atoms with Gasteiger partial charge in [-0.25, -0.2) is 0 Å². The van der Waals surface area contributed by atoms with Gasteiger partial charge in [0.1, 0.15) is 0 Å². The minimum absolute atomic E-state index is 0.0353. The van der Waals surface area contributed by atoms with Gasteiger partial charge >= 0.3 is 0 Å². The molecule has 0 amide bonds. The van der Waals surface area contributed by atoms with E-state index in [1.54, 1.807) is 0 Å². The first-order valence-electron chi connectivity index (χ1n) is 16.8. The van der Waals surface area contributed by atoms with Gasteiger partial charge in [-0.2, -0.15) is 0 Å². The first kappa shape index (κ1) is 30.4. The Bertz CT molecular complexity index is 2150. The van der Waals surface area contributed by atoms with Crippen LogP contribution in [0.3, 0.4) is 0 Å². The number of halogens is 1. The van der Waals surface area contributed by atoms with Crippen LogP contribution in [0.15, 0.2) is 173 Å². The lowest BCUT2D eigenvalue weighted by atomic mass is 9.78. The van der Waals surface area contributed by atoms with E-state index in [9.17, 15) is 0 Å². The van der Waals surface area contributed by atoms with E-state index in [0.29, 0.717) is 5.92 Å². The van der Waals surface area contributed by atoms with E-state index >= 15 is 0 Å². The first-order chi connectivity index (χ1) is 23.4. The number of allylic oxidation sites excluding steroid dienone is 4. The second-order valence-corrected chi connectivity index (χ2v) is 14.5. The number of rotatable bonds is 6. The van der Waals surface area contributed by atoms with Crippen LogP contribution in [0.1, 0.15) is 38.3 Å². The van der Waals surface area contributed by atoms with Crippen LogP contribution >= 0.6 is 15.9 Å². The average Bonchev–Trinajstić information content (AvgIpc) is 3.35. The van der Waals surface area contributed by atoms with Crippen LogP contribution in [0.5, 0.6) is 0 Å². The van der Waals surface area contributed by atoms with Crippen molar-refractivity contribution in [2.45, 2.75) is 32.6 Å². The van der Waals surface area contributed by atoms with Crippen molar-refractivity contribution in [1.82, 2.24) is 0 Å². The topological polar surface area (TPSA) is 3.24 Å². The van der Waals surface area contributed by atoms with Gasteiger partial charge in [0.2, 0.25) is 0 Å². The van der Waals surface area contributed by atoms with Gasteiger partial charge in [-0.05, 0) is 105 Å². The third-order valence-electron chi connectivity index (χ3n) is 10.2. The molecule has 6 aromatic carbocycles. The summed E-state index contributed by atoms with van der Waals surface area (Å²) in [6.07, 6.45) is 3.53. The summed E-state index contributed by atoms with van der Waals surface area (Å²) in [5.41, 5.74) is 16.8. The highest BCUT2D eigenvalue weighted by Crippen LogP contribution is 2.53. The lowest BCUT2D eigenvalue weighted by Gasteiger charge is -2.36. The van der Waals surface area contributed by atoms with Gasteiger partial charge in [-0.15, -0.1) is 0 Å². The molecule has 0 fully saturated rings. The molecule has 0 radical (unpaired) electrons. The van der Waals surface area contributed by atoms with Crippen LogP contribution in [0.4, 0.5) is 11.4 Å². The fourth-order valence-corrected chi connectivity index (χ4v) is 7.88. The molecule has 2 heteroatoms. The number of hydrogen-bond donors (Lipinski definition) is 0. The number of nitrogens with zero attached hydrogens (tertiary/aromatic N) is 1. The molecule has 2 aliphatic carbocycles. The van der Waals surface area contributed by atoms with Crippen LogP contribution < -0.4 is 4.90 Å². The van der Waals surface area contributed by atoms with Gasteiger partial charge < -0.3 is 4.90 Å². The Hall–Kier alpha value is -4.92. The van der Waals surface area contributed by atoms with Crippen molar-refractivity contribution >= 4 is 32.9 Å². The summed E-state index contributed by atoms with van der Waals surface area (Å²) in [6.45, 7) is 7.15.